The number of hydrogen-bond donors (Lipinski definition) is 1. The summed E-state index contributed by atoms with van der Waals surface area (Å²) in [6, 6.07) is 7.13. The predicted molar refractivity (Wildman–Crippen MR) is 99.3 cm³/mol. The number of nitrogens with zero attached hydrogens (tertiary/aromatic N) is 1. The summed E-state index contributed by atoms with van der Waals surface area (Å²) in [5.74, 6) is -0.689. The van der Waals surface area contributed by atoms with Gasteiger partial charge in [0.1, 0.15) is 5.75 Å². The van der Waals surface area contributed by atoms with Crippen LogP contribution in [0.3, 0.4) is 0 Å². The van der Waals surface area contributed by atoms with E-state index in [-0.39, 0.29) is 18.4 Å². The number of anilines is 1. The van der Waals surface area contributed by atoms with Gasteiger partial charge in [-0.15, -0.1) is 0 Å². The largest absolute Gasteiger partial charge is 0.497 e. The Morgan fingerprint density at radius 1 is 1.19 bits per heavy atom. The molecular weight excluding hydrogens is 348 g/mol. The number of esters is 1. The van der Waals surface area contributed by atoms with Crippen molar-refractivity contribution in [3.8, 4) is 5.75 Å². The minimum Gasteiger partial charge on any atom is -0.497 e. The molecule has 1 aromatic rings. The smallest absolute Gasteiger partial charge is 0.312 e. The van der Waals surface area contributed by atoms with E-state index in [1.54, 1.807) is 31.4 Å². The van der Waals surface area contributed by atoms with Crippen LogP contribution < -0.4 is 10.1 Å². The molecular formula is C20H26N2O5. The zero-order valence-electron chi connectivity index (χ0n) is 15.8. The fraction of sp³-hybridized carbons (Fsp3) is 0.550. The van der Waals surface area contributed by atoms with Crippen molar-refractivity contribution in [2.24, 2.45) is 5.92 Å². The van der Waals surface area contributed by atoms with Crippen molar-refractivity contribution >= 4 is 23.5 Å². The highest BCUT2D eigenvalue weighted by Crippen LogP contribution is 2.30. The zero-order valence-corrected chi connectivity index (χ0v) is 15.8. The molecule has 1 aromatic carbocycles. The number of benzene rings is 1. The maximum Gasteiger partial charge on any atom is 0.312 e. The maximum atomic E-state index is 12.4. The van der Waals surface area contributed by atoms with Gasteiger partial charge in [-0.05, 0) is 44.0 Å². The fourth-order valence-electron chi connectivity index (χ4n) is 3.70. The third kappa shape index (κ3) is 4.59. The summed E-state index contributed by atoms with van der Waals surface area (Å²) < 4.78 is 10.4. The van der Waals surface area contributed by atoms with Gasteiger partial charge in [0.15, 0.2) is 6.10 Å². The van der Waals surface area contributed by atoms with Crippen molar-refractivity contribution in [3.05, 3.63) is 24.3 Å². The second-order valence-electron chi connectivity index (χ2n) is 7.18. The number of hydrogen-bond acceptors (Lipinski definition) is 5. The number of likely N-dealkylation sites (tertiary alicyclic amines) is 1. The summed E-state index contributed by atoms with van der Waals surface area (Å²) in [6.45, 7) is 1.93. The van der Waals surface area contributed by atoms with Crippen molar-refractivity contribution in [1.29, 1.82) is 0 Å². The molecule has 27 heavy (non-hydrogen) atoms. The summed E-state index contributed by atoms with van der Waals surface area (Å²) >= 11 is 0. The highest BCUT2D eigenvalue weighted by molar-refractivity contribution is 5.95. The van der Waals surface area contributed by atoms with Crippen LogP contribution in [0.25, 0.3) is 0 Å². The summed E-state index contributed by atoms with van der Waals surface area (Å²) in [7, 11) is 1.57. The number of amides is 2. The first-order valence-electron chi connectivity index (χ1n) is 9.43. The minimum absolute atomic E-state index is 0.0131. The predicted octanol–water partition coefficient (Wildman–Crippen LogP) is 2.36. The zero-order chi connectivity index (χ0) is 19.4. The van der Waals surface area contributed by atoms with Crippen LogP contribution in [-0.4, -0.2) is 48.5 Å². The summed E-state index contributed by atoms with van der Waals surface area (Å²) in [5, 5.41) is 2.70. The highest BCUT2D eigenvalue weighted by atomic mass is 16.5. The molecule has 1 N–H and O–H groups in total. The van der Waals surface area contributed by atoms with Gasteiger partial charge >= 0.3 is 5.97 Å². The van der Waals surface area contributed by atoms with Crippen molar-refractivity contribution < 1.29 is 23.9 Å². The van der Waals surface area contributed by atoms with Gasteiger partial charge < -0.3 is 19.7 Å². The molecule has 146 valence electrons. The molecule has 7 heteroatoms. The molecule has 1 saturated carbocycles. The molecule has 1 aliphatic carbocycles. The first kappa shape index (κ1) is 19.2. The average molecular weight is 374 g/mol. The Morgan fingerprint density at radius 3 is 2.48 bits per heavy atom. The van der Waals surface area contributed by atoms with Gasteiger partial charge in [0.05, 0.1) is 13.0 Å². The molecule has 0 unspecified atom stereocenters. The topological polar surface area (TPSA) is 84.9 Å². The Labute approximate surface area is 159 Å². The molecule has 0 spiro atoms. The van der Waals surface area contributed by atoms with E-state index in [1.807, 2.05) is 4.90 Å². The average Bonchev–Trinajstić information content (AvgIpc) is 3.31. The molecule has 0 radical (unpaired) electrons. The normalized spacial score (nSPS) is 21.2. The monoisotopic (exact) mass is 374 g/mol. The Balaban J connectivity index is 1.50. The Hall–Kier alpha value is -2.57. The fourth-order valence-corrected chi connectivity index (χ4v) is 3.70. The molecule has 2 atom stereocenters. The molecule has 1 aliphatic heterocycles. The van der Waals surface area contributed by atoms with Gasteiger partial charge in [-0.1, -0.05) is 12.8 Å². The van der Waals surface area contributed by atoms with E-state index in [0.717, 1.165) is 25.7 Å². The van der Waals surface area contributed by atoms with Gasteiger partial charge in [0.2, 0.25) is 5.91 Å². The van der Waals surface area contributed by atoms with Crippen LogP contribution in [-0.2, 0) is 19.1 Å². The number of methoxy groups -OCH3 is 1. The second kappa shape index (κ2) is 8.41. The third-order valence-corrected chi connectivity index (χ3v) is 5.28. The number of nitrogens with one attached hydrogen (secondary N) is 1. The van der Waals surface area contributed by atoms with Crippen LogP contribution in [0, 0.1) is 5.92 Å². The number of carbonyl (C=O) groups is 3. The van der Waals surface area contributed by atoms with Gasteiger partial charge in [-0.25, -0.2) is 0 Å². The van der Waals surface area contributed by atoms with Crippen LogP contribution in [0.5, 0.6) is 5.75 Å². The highest BCUT2D eigenvalue weighted by Gasteiger charge is 2.40. The van der Waals surface area contributed by atoms with Crippen LogP contribution in [0.4, 0.5) is 5.69 Å². The SMILES string of the molecule is COc1ccc(NC(=O)[C@@H](C)OC(=O)[C@H]2CC(=O)N(C3CCCC3)C2)cc1. The molecule has 0 bridgehead atoms. The number of carbonyl (C=O) groups excluding carboxylic acids is 3. The summed E-state index contributed by atoms with van der Waals surface area (Å²) in [4.78, 5) is 38.7. The van der Waals surface area contributed by atoms with Crippen molar-refractivity contribution in [2.75, 3.05) is 19.0 Å². The van der Waals surface area contributed by atoms with E-state index < -0.39 is 23.9 Å². The lowest BCUT2D eigenvalue weighted by Gasteiger charge is -2.24. The Kier molecular flexibility index (Phi) is 5.98. The molecule has 2 fully saturated rings. The van der Waals surface area contributed by atoms with Crippen LogP contribution in [0.1, 0.15) is 39.0 Å². The van der Waals surface area contributed by atoms with Gasteiger partial charge in [0, 0.05) is 24.7 Å². The molecule has 1 heterocycles. The summed E-state index contributed by atoms with van der Waals surface area (Å²) in [6.07, 6.45) is 3.51. The number of rotatable bonds is 6. The molecule has 3 rings (SSSR count). The van der Waals surface area contributed by atoms with E-state index >= 15 is 0 Å². The van der Waals surface area contributed by atoms with E-state index in [1.165, 1.54) is 6.92 Å². The summed E-state index contributed by atoms with van der Waals surface area (Å²) in [5.41, 5.74) is 0.590. The van der Waals surface area contributed by atoms with E-state index in [2.05, 4.69) is 5.32 Å². The van der Waals surface area contributed by atoms with E-state index in [0.29, 0.717) is 18.0 Å². The van der Waals surface area contributed by atoms with Crippen molar-refractivity contribution in [2.45, 2.75) is 51.2 Å². The van der Waals surface area contributed by atoms with Crippen LogP contribution in [0.2, 0.25) is 0 Å². The lowest BCUT2D eigenvalue weighted by atomic mass is 10.1. The maximum absolute atomic E-state index is 12.4. The van der Waals surface area contributed by atoms with Gasteiger partial charge in [0.25, 0.3) is 5.91 Å². The standard InChI is InChI=1S/C20H26N2O5/c1-13(19(24)21-15-7-9-17(26-2)10-8-15)27-20(25)14-11-18(23)22(12-14)16-5-3-4-6-16/h7-10,13-14,16H,3-6,11-12H2,1-2H3,(H,21,24)/t13-,14+/m1/s1. The first-order chi connectivity index (χ1) is 13.0. The lowest BCUT2D eigenvalue weighted by molar-refractivity contribution is -0.157. The van der Waals surface area contributed by atoms with Gasteiger partial charge in [-0.3, -0.25) is 14.4 Å². The van der Waals surface area contributed by atoms with E-state index in [4.69, 9.17) is 9.47 Å². The lowest BCUT2D eigenvalue weighted by Crippen LogP contribution is -2.36. The van der Waals surface area contributed by atoms with Crippen LogP contribution in [0.15, 0.2) is 24.3 Å². The second-order valence-corrected chi connectivity index (χ2v) is 7.18. The van der Waals surface area contributed by atoms with Crippen LogP contribution >= 0.6 is 0 Å². The molecule has 1 saturated heterocycles. The Morgan fingerprint density at radius 2 is 1.85 bits per heavy atom. The molecule has 2 amide bonds. The minimum atomic E-state index is -0.935. The molecule has 0 aromatic heterocycles. The number of ether oxygens (including phenoxy) is 2. The Bertz CT molecular complexity index is 697. The van der Waals surface area contributed by atoms with Crippen molar-refractivity contribution in [3.63, 3.8) is 0 Å². The molecule has 7 nitrogen and oxygen atoms in total. The third-order valence-electron chi connectivity index (χ3n) is 5.28. The first-order valence-corrected chi connectivity index (χ1v) is 9.43. The molecule has 2 aliphatic rings. The van der Waals surface area contributed by atoms with Gasteiger partial charge in [-0.2, -0.15) is 0 Å². The quantitative estimate of drug-likeness (QED) is 0.773. The van der Waals surface area contributed by atoms with E-state index in [9.17, 15) is 14.4 Å². The van der Waals surface area contributed by atoms with Crippen molar-refractivity contribution in [1.82, 2.24) is 4.90 Å².